The summed E-state index contributed by atoms with van der Waals surface area (Å²) in [4.78, 5) is 4.20. The van der Waals surface area contributed by atoms with Crippen LogP contribution < -0.4 is 0 Å². The summed E-state index contributed by atoms with van der Waals surface area (Å²) in [5.74, 6) is 0.446. The molecule has 0 spiro atoms. The summed E-state index contributed by atoms with van der Waals surface area (Å²) in [5.41, 5.74) is 1.35. The van der Waals surface area contributed by atoms with Crippen LogP contribution in [0.25, 0.3) is 16.6 Å². The highest BCUT2D eigenvalue weighted by atomic mass is 19.1. The van der Waals surface area contributed by atoms with E-state index in [0.29, 0.717) is 11.0 Å². The fourth-order valence-corrected chi connectivity index (χ4v) is 1.61. The number of hydrogen-bond donors (Lipinski definition) is 0. The normalized spacial score (nSPS) is 11.3. The van der Waals surface area contributed by atoms with Crippen molar-refractivity contribution in [1.29, 1.82) is 0 Å². The molecule has 0 atom stereocenters. The standard InChI is InChI=1S/C10H7FN4/c1-6-13-14-10-8-4-7(11)2-3-9(8)12-5-15(6)10/h2-5H,1H3. The fourth-order valence-electron chi connectivity index (χ4n) is 1.61. The quantitative estimate of drug-likeness (QED) is 0.557. The maximum atomic E-state index is 13.1. The van der Waals surface area contributed by atoms with Gasteiger partial charge in [0.15, 0.2) is 5.65 Å². The third kappa shape index (κ3) is 1.09. The van der Waals surface area contributed by atoms with E-state index in [9.17, 15) is 4.39 Å². The predicted molar refractivity (Wildman–Crippen MR) is 53.0 cm³/mol. The largest absolute Gasteiger partial charge is 0.269 e. The summed E-state index contributed by atoms with van der Waals surface area (Å²) in [7, 11) is 0. The van der Waals surface area contributed by atoms with Crippen molar-refractivity contribution in [3.8, 4) is 0 Å². The molecule has 3 aromatic rings. The van der Waals surface area contributed by atoms with Crippen LogP contribution in [0.15, 0.2) is 24.5 Å². The molecule has 1 aromatic carbocycles. The van der Waals surface area contributed by atoms with Crippen LogP contribution >= 0.6 is 0 Å². The van der Waals surface area contributed by atoms with Crippen molar-refractivity contribution in [3.05, 3.63) is 36.2 Å². The number of halogens is 1. The minimum Gasteiger partial charge on any atom is -0.269 e. The lowest BCUT2D eigenvalue weighted by atomic mass is 10.2. The zero-order chi connectivity index (χ0) is 10.4. The Bertz CT molecular complexity index is 659. The van der Waals surface area contributed by atoms with E-state index in [1.807, 2.05) is 6.92 Å². The molecule has 15 heavy (non-hydrogen) atoms. The minimum atomic E-state index is -0.293. The van der Waals surface area contributed by atoms with E-state index in [2.05, 4.69) is 15.2 Å². The molecule has 0 aliphatic heterocycles. The second-order valence-electron chi connectivity index (χ2n) is 3.35. The van der Waals surface area contributed by atoms with Crippen molar-refractivity contribution in [3.63, 3.8) is 0 Å². The third-order valence-corrected chi connectivity index (χ3v) is 2.38. The zero-order valence-corrected chi connectivity index (χ0v) is 7.98. The average Bonchev–Trinajstić information content (AvgIpc) is 2.61. The summed E-state index contributed by atoms with van der Waals surface area (Å²) in [6, 6.07) is 4.44. The summed E-state index contributed by atoms with van der Waals surface area (Å²) < 4.78 is 14.8. The Kier molecular flexibility index (Phi) is 1.50. The number of hydrogen-bond acceptors (Lipinski definition) is 3. The Morgan fingerprint density at radius 1 is 1.27 bits per heavy atom. The predicted octanol–water partition coefficient (Wildman–Crippen LogP) is 1.73. The monoisotopic (exact) mass is 202 g/mol. The number of rotatable bonds is 0. The molecular weight excluding hydrogens is 195 g/mol. The summed E-state index contributed by atoms with van der Waals surface area (Å²) in [6.07, 6.45) is 1.64. The Hall–Kier alpha value is -2.04. The van der Waals surface area contributed by atoms with Gasteiger partial charge >= 0.3 is 0 Å². The molecule has 0 radical (unpaired) electrons. The van der Waals surface area contributed by atoms with E-state index in [-0.39, 0.29) is 5.82 Å². The molecule has 0 unspecified atom stereocenters. The SMILES string of the molecule is Cc1nnc2c3cc(F)ccc3ncn12. The van der Waals surface area contributed by atoms with Crippen LogP contribution in [0.3, 0.4) is 0 Å². The second kappa shape index (κ2) is 2.73. The molecule has 0 amide bonds. The first kappa shape index (κ1) is 8.28. The number of aromatic nitrogens is 4. The topological polar surface area (TPSA) is 43.1 Å². The molecule has 5 heteroatoms. The van der Waals surface area contributed by atoms with Crippen LogP contribution in [-0.4, -0.2) is 19.6 Å². The summed E-state index contributed by atoms with van der Waals surface area (Å²) in [6.45, 7) is 1.83. The molecule has 0 fully saturated rings. The second-order valence-corrected chi connectivity index (χ2v) is 3.35. The average molecular weight is 202 g/mol. The van der Waals surface area contributed by atoms with Crippen LogP contribution in [0.1, 0.15) is 5.82 Å². The molecular formula is C10H7FN4. The Balaban J connectivity index is 2.57. The summed E-state index contributed by atoms with van der Waals surface area (Å²) >= 11 is 0. The lowest BCUT2D eigenvalue weighted by Crippen LogP contribution is -1.92. The first-order valence-electron chi connectivity index (χ1n) is 4.51. The Morgan fingerprint density at radius 3 is 3.00 bits per heavy atom. The van der Waals surface area contributed by atoms with E-state index in [4.69, 9.17) is 0 Å². The first-order valence-corrected chi connectivity index (χ1v) is 4.51. The van der Waals surface area contributed by atoms with Gasteiger partial charge in [-0.05, 0) is 25.1 Å². The number of nitrogens with zero attached hydrogens (tertiary/aromatic N) is 4. The minimum absolute atomic E-state index is 0.293. The summed E-state index contributed by atoms with van der Waals surface area (Å²) in [5, 5.41) is 8.60. The highest BCUT2D eigenvalue weighted by Crippen LogP contribution is 2.17. The van der Waals surface area contributed by atoms with Gasteiger partial charge < -0.3 is 0 Å². The lowest BCUT2D eigenvalue weighted by molar-refractivity contribution is 0.629. The number of aryl methyl sites for hydroxylation is 1. The Morgan fingerprint density at radius 2 is 2.13 bits per heavy atom. The molecule has 4 nitrogen and oxygen atoms in total. The van der Waals surface area contributed by atoms with Crippen LogP contribution in [0, 0.1) is 12.7 Å². The van der Waals surface area contributed by atoms with Gasteiger partial charge in [-0.1, -0.05) is 0 Å². The molecule has 0 aliphatic carbocycles. The van der Waals surface area contributed by atoms with E-state index in [0.717, 1.165) is 11.3 Å². The van der Waals surface area contributed by atoms with Gasteiger partial charge in [0.2, 0.25) is 0 Å². The van der Waals surface area contributed by atoms with Gasteiger partial charge in [0.25, 0.3) is 0 Å². The van der Waals surface area contributed by atoms with Gasteiger partial charge in [-0.3, -0.25) is 4.40 Å². The molecule has 3 rings (SSSR count). The van der Waals surface area contributed by atoms with Crippen LogP contribution in [0.4, 0.5) is 4.39 Å². The maximum Gasteiger partial charge on any atom is 0.171 e. The van der Waals surface area contributed by atoms with Crippen molar-refractivity contribution in [2.75, 3.05) is 0 Å². The molecule has 2 aromatic heterocycles. The van der Waals surface area contributed by atoms with Gasteiger partial charge in [-0.15, -0.1) is 10.2 Å². The number of fused-ring (bicyclic) bond motifs is 3. The van der Waals surface area contributed by atoms with Gasteiger partial charge in [0.05, 0.1) is 5.52 Å². The Labute approximate surface area is 84.4 Å². The van der Waals surface area contributed by atoms with Gasteiger partial charge in [0.1, 0.15) is 18.0 Å². The van der Waals surface area contributed by atoms with Gasteiger partial charge in [-0.2, -0.15) is 0 Å². The third-order valence-electron chi connectivity index (χ3n) is 2.38. The molecule has 0 aliphatic rings. The molecule has 0 saturated carbocycles. The van der Waals surface area contributed by atoms with Gasteiger partial charge in [0, 0.05) is 5.39 Å². The smallest absolute Gasteiger partial charge is 0.171 e. The van der Waals surface area contributed by atoms with E-state index in [1.165, 1.54) is 12.1 Å². The molecule has 2 heterocycles. The first-order chi connectivity index (χ1) is 7.25. The van der Waals surface area contributed by atoms with Gasteiger partial charge in [-0.25, -0.2) is 9.37 Å². The molecule has 0 bridgehead atoms. The highest BCUT2D eigenvalue weighted by molar-refractivity contribution is 5.90. The molecule has 0 N–H and O–H groups in total. The van der Waals surface area contributed by atoms with E-state index in [1.54, 1.807) is 16.8 Å². The van der Waals surface area contributed by atoms with E-state index >= 15 is 0 Å². The maximum absolute atomic E-state index is 13.1. The number of benzene rings is 1. The zero-order valence-electron chi connectivity index (χ0n) is 7.98. The fraction of sp³-hybridized carbons (Fsp3) is 0.100. The van der Waals surface area contributed by atoms with E-state index < -0.39 is 0 Å². The van der Waals surface area contributed by atoms with Crippen molar-refractivity contribution >= 4 is 16.6 Å². The van der Waals surface area contributed by atoms with Crippen molar-refractivity contribution in [2.45, 2.75) is 6.92 Å². The van der Waals surface area contributed by atoms with Crippen molar-refractivity contribution < 1.29 is 4.39 Å². The van der Waals surface area contributed by atoms with Crippen molar-refractivity contribution in [1.82, 2.24) is 19.6 Å². The van der Waals surface area contributed by atoms with Crippen molar-refractivity contribution in [2.24, 2.45) is 0 Å². The lowest BCUT2D eigenvalue weighted by Gasteiger charge is -1.99. The molecule has 74 valence electrons. The highest BCUT2D eigenvalue weighted by Gasteiger charge is 2.06. The van der Waals surface area contributed by atoms with Crippen LogP contribution in [0.2, 0.25) is 0 Å². The van der Waals surface area contributed by atoms with Crippen LogP contribution in [-0.2, 0) is 0 Å². The molecule has 0 saturated heterocycles. The van der Waals surface area contributed by atoms with Crippen LogP contribution in [0.5, 0.6) is 0 Å².